The van der Waals surface area contributed by atoms with E-state index in [1.165, 1.54) is 25.7 Å². The van der Waals surface area contributed by atoms with Gasteiger partial charge in [0.25, 0.3) is 0 Å². The number of benzene rings is 1. The van der Waals surface area contributed by atoms with Crippen molar-refractivity contribution in [2.24, 2.45) is 5.92 Å². The van der Waals surface area contributed by atoms with Gasteiger partial charge >= 0.3 is 123 Å². The molecule has 0 aliphatic carbocycles. The molecule has 0 fully saturated rings. The average Bonchev–Trinajstić information content (AvgIpc) is 2.34. The van der Waals surface area contributed by atoms with Gasteiger partial charge in [-0.25, -0.2) is 0 Å². The van der Waals surface area contributed by atoms with Gasteiger partial charge in [0.15, 0.2) is 0 Å². The van der Waals surface area contributed by atoms with Gasteiger partial charge in [0.1, 0.15) is 0 Å². The van der Waals surface area contributed by atoms with E-state index in [1.54, 1.807) is 6.07 Å². The number of hydrogen-bond donors (Lipinski definition) is 1. The Labute approximate surface area is 123 Å². The maximum atomic E-state index is 10.8. The summed E-state index contributed by atoms with van der Waals surface area (Å²) >= 11 is -3.49. The van der Waals surface area contributed by atoms with E-state index in [1.807, 2.05) is 18.2 Å². The van der Waals surface area contributed by atoms with Gasteiger partial charge in [-0.1, -0.05) is 0 Å². The van der Waals surface area contributed by atoms with Crippen LogP contribution < -0.4 is 3.32 Å². The van der Waals surface area contributed by atoms with E-state index < -0.39 is 18.6 Å². The van der Waals surface area contributed by atoms with Crippen molar-refractivity contribution < 1.29 is 28.9 Å². The van der Waals surface area contributed by atoms with Crippen LogP contribution >= 0.6 is 0 Å². The predicted molar refractivity (Wildman–Crippen MR) is 71.6 cm³/mol. The number of rotatable bonds is 9. The SMILES string of the molecule is CC(C)CCCCCCc1ccccc1[O][Ti](=[O])[OH]. The van der Waals surface area contributed by atoms with E-state index in [-0.39, 0.29) is 0 Å². The molecule has 0 radical (unpaired) electrons. The molecule has 0 bridgehead atoms. The van der Waals surface area contributed by atoms with Crippen LogP contribution in [0.1, 0.15) is 51.5 Å². The molecular weight excluding hydrogens is 276 g/mol. The van der Waals surface area contributed by atoms with Gasteiger partial charge in [-0.05, 0) is 0 Å². The standard InChI is InChI=1S/C15H24O.H2O.O.Ti/c1-13(2)9-5-3-4-6-10-14-11-7-8-12-15(14)16;;;/h7-8,11-13,16H,3-6,9-10H2,1-2H3;1H2;;/q;;;+2/p-2. The molecule has 0 saturated heterocycles. The third-order valence-electron chi connectivity index (χ3n) is 3.15. The molecular formula is C15H24O3Ti. The summed E-state index contributed by atoms with van der Waals surface area (Å²) in [7, 11) is 0. The van der Waals surface area contributed by atoms with Crippen molar-refractivity contribution >= 4 is 0 Å². The average molecular weight is 300 g/mol. The second-order valence-electron chi connectivity index (χ2n) is 5.32. The molecule has 106 valence electrons. The predicted octanol–water partition coefficient (Wildman–Crippen LogP) is 4.00. The summed E-state index contributed by atoms with van der Waals surface area (Å²) in [6.07, 6.45) is 7.10. The molecule has 4 heteroatoms. The van der Waals surface area contributed by atoms with Crippen molar-refractivity contribution in [3.8, 4) is 5.75 Å². The zero-order valence-electron chi connectivity index (χ0n) is 11.9. The third kappa shape index (κ3) is 7.61. The Morgan fingerprint density at radius 1 is 1.16 bits per heavy atom. The summed E-state index contributed by atoms with van der Waals surface area (Å²) in [6.45, 7) is 4.51. The number of unbranched alkanes of at least 4 members (excludes halogenated alkanes) is 3. The molecule has 0 unspecified atom stereocenters. The van der Waals surface area contributed by atoms with Crippen molar-refractivity contribution in [2.75, 3.05) is 0 Å². The molecule has 0 heterocycles. The van der Waals surface area contributed by atoms with Crippen LogP contribution in [0.3, 0.4) is 0 Å². The summed E-state index contributed by atoms with van der Waals surface area (Å²) in [4.78, 5) is 0. The van der Waals surface area contributed by atoms with Crippen molar-refractivity contribution in [2.45, 2.75) is 52.4 Å². The molecule has 0 saturated carbocycles. The molecule has 0 aliphatic rings. The van der Waals surface area contributed by atoms with Crippen LogP contribution in [-0.4, -0.2) is 3.69 Å². The molecule has 0 aliphatic heterocycles. The van der Waals surface area contributed by atoms with Crippen LogP contribution in [0, 0.1) is 5.92 Å². The summed E-state index contributed by atoms with van der Waals surface area (Å²) in [5.74, 6) is 1.37. The molecule has 1 aromatic rings. The van der Waals surface area contributed by atoms with Gasteiger partial charge < -0.3 is 0 Å². The van der Waals surface area contributed by atoms with Crippen LogP contribution in [-0.2, 0) is 28.4 Å². The van der Waals surface area contributed by atoms with E-state index in [4.69, 9.17) is 7.01 Å². The Morgan fingerprint density at radius 3 is 2.53 bits per heavy atom. The first-order chi connectivity index (χ1) is 9.09. The molecule has 1 aromatic carbocycles. The van der Waals surface area contributed by atoms with E-state index in [0.717, 1.165) is 24.3 Å². The van der Waals surface area contributed by atoms with Gasteiger partial charge in [-0.15, -0.1) is 0 Å². The Morgan fingerprint density at radius 2 is 1.84 bits per heavy atom. The second-order valence-corrected chi connectivity index (χ2v) is 6.47. The molecule has 0 atom stereocenters. The van der Waals surface area contributed by atoms with Crippen LogP contribution in [0.4, 0.5) is 0 Å². The zero-order valence-corrected chi connectivity index (χ0v) is 13.5. The Bertz CT molecular complexity index is 391. The van der Waals surface area contributed by atoms with Gasteiger partial charge in [0.2, 0.25) is 0 Å². The molecule has 0 spiro atoms. The first-order valence-corrected chi connectivity index (χ1v) is 9.05. The fraction of sp³-hybridized carbons (Fsp3) is 0.600. The second kappa shape index (κ2) is 9.41. The Hall–Kier alpha value is -0.506. The zero-order chi connectivity index (χ0) is 14.1. The summed E-state index contributed by atoms with van der Waals surface area (Å²) in [5.41, 5.74) is 1.04. The van der Waals surface area contributed by atoms with E-state index in [9.17, 15) is 3.32 Å². The minimum absolute atomic E-state index is 0.581. The van der Waals surface area contributed by atoms with Crippen molar-refractivity contribution in [3.05, 3.63) is 29.8 Å². The maximum absolute atomic E-state index is 10.8. The molecule has 3 nitrogen and oxygen atoms in total. The van der Waals surface area contributed by atoms with Crippen LogP contribution in [0.15, 0.2) is 24.3 Å². The van der Waals surface area contributed by atoms with Crippen molar-refractivity contribution in [1.29, 1.82) is 0 Å². The first kappa shape index (κ1) is 16.5. The molecule has 1 N–H and O–H groups in total. The van der Waals surface area contributed by atoms with Crippen LogP contribution in [0.25, 0.3) is 0 Å². The van der Waals surface area contributed by atoms with Crippen molar-refractivity contribution in [3.63, 3.8) is 0 Å². The van der Waals surface area contributed by atoms with Gasteiger partial charge in [0.05, 0.1) is 0 Å². The van der Waals surface area contributed by atoms with E-state index in [0.29, 0.717) is 5.75 Å². The Balaban J connectivity index is 2.30. The van der Waals surface area contributed by atoms with Crippen LogP contribution in [0.5, 0.6) is 5.75 Å². The van der Waals surface area contributed by atoms with Crippen LogP contribution in [0.2, 0.25) is 0 Å². The summed E-state index contributed by atoms with van der Waals surface area (Å²) < 4.78 is 24.8. The van der Waals surface area contributed by atoms with Gasteiger partial charge in [0, 0.05) is 0 Å². The fourth-order valence-corrected chi connectivity index (χ4v) is 2.73. The quantitative estimate of drug-likeness (QED) is 0.554. The van der Waals surface area contributed by atoms with E-state index >= 15 is 0 Å². The van der Waals surface area contributed by atoms with Gasteiger partial charge in [-0.3, -0.25) is 0 Å². The number of aryl methyl sites for hydroxylation is 1. The normalized spacial score (nSPS) is 10.7. The fourth-order valence-electron chi connectivity index (χ4n) is 2.13. The molecule has 19 heavy (non-hydrogen) atoms. The topological polar surface area (TPSA) is 46.5 Å². The number of hydrogen-bond acceptors (Lipinski definition) is 2. The molecule has 0 amide bonds. The third-order valence-corrected chi connectivity index (χ3v) is 3.76. The Kier molecular flexibility index (Phi) is 8.19. The minimum atomic E-state index is -3.49. The van der Waals surface area contributed by atoms with E-state index in [2.05, 4.69) is 13.8 Å². The number of para-hydroxylation sites is 1. The van der Waals surface area contributed by atoms with Gasteiger partial charge in [-0.2, -0.15) is 0 Å². The summed E-state index contributed by atoms with van der Waals surface area (Å²) in [6, 6.07) is 7.53. The summed E-state index contributed by atoms with van der Waals surface area (Å²) in [5, 5.41) is 0. The molecule has 1 rings (SSSR count). The van der Waals surface area contributed by atoms with Crippen molar-refractivity contribution in [1.82, 2.24) is 0 Å². The monoisotopic (exact) mass is 300 g/mol. The molecule has 0 aromatic heterocycles. The first-order valence-electron chi connectivity index (χ1n) is 7.08.